The lowest BCUT2D eigenvalue weighted by Gasteiger charge is -2.41. The molecule has 7 aliphatic rings. The van der Waals surface area contributed by atoms with E-state index in [1.165, 1.54) is 0 Å². The number of ketones is 1. The fraction of sp³-hybridized carbons (Fsp3) is 0.476. The molecule has 0 radical (unpaired) electrons. The molecule has 716 valence electrons. The van der Waals surface area contributed by atoms with Crippen molar-refractivity contribution in [2.45, 2.75) is 195 Å². The smallest absolute Gasteiger partial charge is 0.253 e. The van der Waals surface area contributed by atoms with E-state index in [1.807, 2.05) is 122 Å². The largest absolute Gasteiger partial charge is 0.390 e. The summed E-state index contributed by atoms with van der Waals surface area (Å²) >= 11 is 0. The van der Waals surface area contributed by atoms with Gasteiger partial charge in [-0.05, 0) is 248 Å². The van der Waals surface area contributed by atoms with Crippen molar-refractivity contribution in [1.82, 2.24) is 74.5 Å². The Labute approximate surface area is 796 Å². The van der Waals surface area contributed by atoms with E-state index in [0.29, 0.717) is 80.2 Å². The zero-order valence-electron chi connectivity index (χ0n) is 81.4. The van der Waals surface area contributed by atoms with Crippen LogP contribution in [0.15, 0.2) is 143 Å². The number of hydrogen-bond acceptors (Lipinski definition) is 28. The first kappa shape index (κ1) is 95.3. The van der Waals surface area contributed by atoms with Gasteiger partial charge in [-0.2, -0.15) is 0 Å². The molecule has 12 aromatic rings. The number of nitrogens with one attached hydrogen (secondary N) is 6. The number of hydrogen-bond donors (Lipinski definition) is 7. The van der Waals surface area contributed by atoms with Crippen LogP contribution in [-0.4, -0.2) is 247 Å². The molecule has 3 aromatic carbocycles. The predicted molar refractivity (Wildman–Crippen MR) is 545 cm³/mol. The van der Waals surface area contributed by atoms with Crippen LogP contribution in [-0.2, 0) is 33.9 Å². The van der Waals surface area contributed by atoms with E-state index >= 15 is 0 Å². The molecule has 4 aliphatic heterocycles. The molecule has 0 bridgehead atoms. The fourth-order valence-corrected chi connectivity index (χ4v) is 21.0. The first-order chi connectivity index (χ1) is 65.7. The summed E-state index contributed by atoms with van der Waals surface area (Å²) in [5.41, 5.74) is 16.0. The van der Waals surface area contributed by atoms with E-state index in [9.17, 15) is 24.3 Å². The topological polar surface area (TPSA) is 336 Å². The van der Waals surface area contributed by atoms with Crippen molar-refractivity contribution in [1.29, 1.82) is 0 Å². The minimum absolute atomic E-state index is 0.0725. The second-order valence-electron chi connectivity index (χ2n) is 38.5. The average Bonchev–Trinajstić information content (AvgIpc) is 0.859. The van der Waals surface area contributed by atoms with Gasteiger partial charge in [0, 0.05) is 317 Å². The van der Waals surface area contributed by atoms with Crippen LogP contribution < -0.4 is 62.0 Å². The van der Waals surface area contributed by atoms with Gasteiger partial charge in [0.1, 0.15) is 23.2 Å². The van der Waals surface area contributed by atoms with Gasteiger partial charge in [-0.15, -0.1) is 0 Å². The lowest BCUT2D eigenvalue weighted by Crippen LogP contribution is -2.45. The molecular weight excluding hydrogens is 1710 g/mol. The minimum Gasteiger partial charge on any atom is -0.390 e. The summed E-state index contributed by atoms with van der Waals surface area (Å²) in [7, 11) is 6.44. The third kappa shape index (κ3) is 21.7. The summed E-state index contributed by atoms with van der Waals surface area (Å²) in [5.74, 6) is 4.43. The third-order valence-electron chi connectivity index (χ3n) is 29.0. The molecule has 4 saturated heterocycles. The van der Waals surface area contributed by atoms with Crippen LogP contribution in [0.3, 0.4) is 0 Å². The van der Waals surface area contributed by atoms with E-state index in [4.69, 9.17) is 54.3 Å². The predicted octanol–water partition coefficient (Wildman–Crippen LogP) is 14.5. The Morgan fingerprint density at radius 1 is 0.382 bits per heavy atom. The zero-order valence-corrected chi connectivity index (χ0v) is 81.4. The second-order valence-corrected chi connectivity index (χ2v) is 38.5. The number of aromatic nitrogens is 12. The fourth-order valence-electron chi connectivity index (χ4n) is 21.0. The Hall–Kier alpha value is -12.4. The quantitative estimate of drug-likeness (QED) is 0.0295. The van der Waals surface area contributed by atoms with Gasteiger partial charge in [-0.1, -0.05) is 0 Å². The van der Waals surface area contributed by atoms with E-state index in [2.05, 4.69) is 172 Å². The van der Waals surface area contributed by atoms with Crippen molar-refractivity contribution in [3.63, 3.8) is 0 Å². The van der Waals surface area contributed by atoms with Crippen molar-refractivity contribution in [2.75, 3.05) is 178 Å². The molecular formula is C105H134N24O7. The van der Waals surface area contributed by atoms with Crippen LogP contribution in [0.2, 0.25) is 0 Å². The Morgan fingerprint density at radius 3 is 0.956 bits per heavy atom. The highest BCUT2D eigenvalue weighted by Gasteiger charge is 2.42. The number of likely N-dealkylation sites (N-methyl/N-ethyl adjacent to an activating group) is 3. The standard InChI is InChI=1S/C36H46N8O3.C35H46N8O2.C34H42N8O2/c1-5-44(28-6-9-36(10-7-28)46-16-17-47-36)32-20-26(27-21-39-35(40-22-27)43-14-12-42(4)13-15-43)19-30-29(32)8-11-37-33(30)38-23-31-24(2)18-25(3)41-34(31)45;1-6-43(27-7-10-35(4,45)11-8-27)31-19-25(26-20-38-34(39-21-26)42-15-13-41(5)14-16-42)18-29-28(31)9-12-36-32(29)37-22-30-23(2)17-24(3)40-33(30)44;1-5-42(26-6-8-27(43)9-7-26)31-18-24(25-19-37-34(38-20-25)41-14-12-40(4)13-15-41)17-29-28(31)10-11-35-32(29)36-21-30-22(2)16-23(3)39-33(30)44/h8,11,18-22,28H,5-7,9-10,12-17,23H2,1-4H3,(H,37,38)(H,41,45);9,12,17-21,27,45H,6-8,10-11,13-16,22H2,1-5H3,(H,36,37)(H,40,44);10-11,16-20,26H,5-9,12-15,21H2,1-4H3,(H,35,36)(H,39,44). The number of nitrogens with zero attached hydrogens (tertiary/aromatic N) is 18. The average molecular weight is 1840 g/mol. The molecule has 0 atom stereocenters. The number of carbonyl (C=O) groups excluding carboxylic acids is 1. The second kappa shape index (κ2) is 42.1. The summed E-state index contributed by atoms with van der Waals surface area (Å²) in [6, 6.07) is 26.5. The molecule has 3 aliphatic carbocycles. The highest BCUT2D eigenvalue weighted by Crippen LogP contribution is 2.46. The number of piperazine rings is 3. The number of anilines is 9. The molecule has 31 heteroatoms. The first-order valence-corrected chi connectivity index (χ1v) is 48.9. The van der Waals surface area contributed by atoms with E-state index < -0.39 is 11.4 Å². The van der Waals surface area contributed by atoms with Gasteiger partial charge in [0.2, 0.25) is 17.8 Å². The van der Waals surface area contributed by atoms with Gasteiger partial charge in [0.15, 0.2) is 5.79 Å². The van der Waals surface area contributed by atoms with Gasteiger partial charge in [0.25, 0.3) is 16.7 Å². The summed E-state index contributed by atoms with van der Waals surface area (Å²) in [4.78, 5) is 123. The number of Topliss-reactive ketones (excluding diaryl/α,β-unsaturated/α-hetero) is 1. The van der Waals surface area contributed by atoms with Gasteiger partial charge < -0.3 is 89.6 Å². The van der Waals surface area contributed by atoms with Crippen molar-refractivity contribution in [3.8, 4) is 33.4 Å². The number of aromatic amines is 3. The first-order valence-electron chi connectivity index (χ1n) is 48.9. The monoisotopic (exact) mass is 1840 g/mol. The lowest BCUT2D eigenvalue weighted by molar-refractivity contribution is -0.178. The van der Waals surface area contributed by atoms with Crippen LogP contribution in [0.1, 0.15) is 155 Å². The number of carbonyl (C=O) groups is 1. The Bertz CT molecular complexity index is 6390. The normalized spacial score (nSPS) is 18.7. The minimum atomic E-state index is -0.602. The molecule has 7 N–H and O–H groups in total. The van der Waals surface area contributed by atoms with Crippen LogP contribution in [0.25, 0.3) is 65.7 Å². The maximum absolute atomic E-state index is 12.8. The number of aryl methyl sites for hydroxylation is 6. The molecule has 1 spiro atoms. The van der Waals surface area contributed by atoms with Crippen molar-refractivity contribution in [3.05, 3.63) is 210 Å². The molecule has 19 rings (SSSR count). The number of H-pyrrole nitrogens is 3. The highest BCUT2D eigenvalue weighted by molar-refractivity contribution is 6.06. The molecule has 0 unspecified atom stereocenters. The maximum Gasteiger partial charge on any atom is 0.253 e. The van der Waals surface area contributed by atoms with Gasteiger partial charge in [-0.25, -0.2) is 44.9 Å². The van der Waals surface area contributed by atoms with Crippen LogP contribution in [0, 0.1) is 41.5 Å². The van der Waals surface area contributed by atoms with Crippen LogP contribution in [0.5, 0.6) is 0 Å². The van der Waals surface area contributed by atoms with Crippen LogP contribution >= 0.6 is 0 Å². The molecule has 9 aromatic heterocycles. The van der Waals surface area contributed by atoms with Gasteiger partial charge >= 0.3 is 0 Å². The molecule has 0 amide bonds. The van der Waals surface area contributed by atoms with Crippen molar-refractivity contribution in [2.24, 2.45) is 0 Å². The molecule has 136 heavy (non-hydrogen) atoms. The van der Waals surface area contributed by atoms with Gasteiger partial charge in [0.05, 0.1) is 18.8 Å². The Morgan fingerprint density at radius 2 is 0.669 bits per heavy atom. The molecule has 3 saturated carbocycles. The van der Waals surface area contributed by atoms with Crippen molar-refractivity contribution < 1.29 is 19.4 Å². The number of aliphatic hydroxyl groups is 1. The Kier molecular flexibility index (Phi) is 29.5. The Balaban J connectivity index is 0.000000142. The van der Waals surface area contributed by atoms with E-state index in [0.717, 1.165) is 314 Å². The number of ether oxygens (including phenoxy) is 2. The zero-order chi connectivity index (χ0) is 95.1. The molecule has 13 heterocycles. The van der Waals surface area contributed by atoms with Crippen LogP contribution in [0.4, 0.5) is 52.4 Å². The summed E-state index contributed by atoms with van der Waals surface area (Å²) in [5, 5.41) is 27.4. The summed E-state index contributed by atoms with van der Waals surface area (Å²) in [6.45, 7) is 36.6. The third-order valence-corrected chi connectivity index (χ3v) is 29.0. The number of pyridine rings is 6. The summed E-state index contributed by atoms with van der Waals surface area (Å²) < 4.78 is 12.1. The van der Waals surface area contributed by atoms with Crippen molar-refractivity contribution >= 4 is 90.5 Å². The number of fused-ring (bicyclic) bond motifs is 3. The number of benzene rings is 3. The molecule has 31 nitrogen and oxygen atoms in total. The molecule has 7 fully saturated rings. The highest BCUT2D eigenvalue weighted by atomic mass is 16.7. The lowest BCUT2D eigenvalue weighted by atomic mass is 9.82. The van der Waals surface area contributed by atoms with Gasteiger partial charge in [-0.3, -0.25) is 19.2 Å². The van der Waals surface area contributed by atoms with E-state index in [-0.39, 0.29) is 22.7 Å². The maximum atomic E-state index is 12.8. The van der Waals surface area contributed by atoms with E-state index in [1.54, 1.807) is 0 Å². The number of rotatable bonds is 24. The summed E-state index contributed by atoms with van der Waals surface area (Å²) in [6.07, 6.45) is 27.3. The SMILES string of the molecule is CCN(c1cc(-c2cnc(N3CCN(C)CC3)nc2)cc2c(NCc3c(C)cc(C)[nH]c3=O)nccc12)C1CCC(=O)CC1.CCN(c1cc(-c2cnc(N3CCN(C)CC3)nc2)cc2c(NCc3c(C)cc(C)[nH]c3=O)nccc12)C1CCC(C)(O)CC1.CCN(c1cc(-c2cnc(N3CCN(C)CC3)nc2)cc2c(NCc3c(C)cc(C)[nH]c3=O)nccc12)C1CCC2(CC1)OCCO2.